The zero-order valence-electron chi connectivity index (χ0n) is 20.0. The summed E-state index contributed by atoms with van der Waals surface area (Å²) in [5.41, 5.74) is 0.546. The third-order valence-electron chi connectivity index (χ3n) is 5.88. The van der Waals surface area contributed by atoms with Crippen molar-refractivity contribution in [1.82, 2.24) is 4.90 Å². The summed E-state index contributed by atoms with van der Waals surface area (Å²) in [6.07, 6.45) is 0. The van der Waals surface area contributed by atoms with Crippen LogP contribution in [0, 0.1) is 0 Å². The van der Waals surface area contributed by atoms with Gasteiger partial charge in [-0.15, -0.1) is 11.3 Å². The van der Waals surface area contributed by atoms with Crippen LogP contribution in [0.4, 0.5) is 0 Å². The highest BCUT2D eigenvalue weighted by atomic mass is 35.5. The Morgan fingerprint density at radius 2 is 1.69 bits per heavy atom. The maximum Gasteiger partial charge on any atom is 0.295 e. The average molecular weight is 530 g/mol. The molecular weight excluding hydrogens is 506 g/mol. The molecule has 1 atom stereocenters. The predicted octanol–water partition coefficient (Wildman–Crippen LogP) is 5.06. The number of carbonyl (C=O) groups excluding carboxylic acids is 2. The van der Waals surface area contributed by atoms with Gasteiger partial charge in [-0.1, -0.05) is 17.7 Å². The SMILES string of the molecule is COc1ccc(Cl)c(/C(O)=C2\C(=O)C(=O)N(Cc3cccs3)C2c2cc(OC)c(OC)c(OC)c2)c1. The van der Waals surface area contributed by atoms with Crippen molar-refractivity contribution < 1.29 is 33.6 Å². The van der Waals surface area contributed by atoms with Crippen LogP contribution in [-0.2, 0) is 16.1 Å². The lowest BCUT2D eigenvalue weighted by molar-refractivity contribution is -0.140. The molecule has 3 aromatic rings. The Morgan fingerprint density at radius 3 is 2.25 bits per heavy atom. The van der Waals surface area contributed by atoms with Gasteiger partial charge in [-0.2, -0.15) is 0 Å². The van der Waals surface area contributed by atoms with Gasteiger partial charge in [0, 0.05) is 10.4 Å². The van der Waals surface area contributed by atoms with Gasteiger partial charge >= 0.3 is 0 Å². The van der Waals surface area contributed by atoms with E-state index in [9.17, 15) is 14.7 Å². The summed E-state index contributed by atoms with van der Waals surface area (Å²) in [7, 11) is 5.90. The predicted molar refractivity (Wildman–Crippen MR) is 136 cm³/mol. The van der Waals surface area contributed by atoms with Crippen LogP contribution < -0.4 is 18.9 Å². The highest BCUT2D eigenvalue weighted by molar-refractivity contribution is 7.09. The van der Waals surface area contributed by atoms with Crippen LogP contribution in [-0.4, -0.2) is 50.1 Å². The normalized spacial score (nSPS) is 16.8. The van der Waals surface area contributed by atoms with Crippen LogP contribution in [0.2, 0.25) is 5.02 Å². The Kier molecular flexibility index (Phi) is 7.42. The first-order valence-electron chi connectivity index (χ1n) is 10.8. The van der Waals surface area contributed by atoms with Gasteiger partial charge in [-0.3, -0.25) is 9.59 Å². The second-order valence-corrected chi connectivity index (χ2v) is 9.25. The number of hydrogen-bond donors (Lipinski definition) is 1. The summed E-state index contributed by atoms with van der Waals surface area (Å²) in [4.78, 5) is 28.9. The summed E-state index contributed by atoms with van der Waals surface area (Å²) in [6.45, 7) is 0.159. The minimum Gasteiger partial charge on any atom is -0.507 e. The number of methoxy groups -OCH3 is 4. The van der Waals surface area contributed by atoms with Crippen LogP contribution in [0.3, 0.4) is 0 Å². The van der Waals surface area contributed by atoms with Gasteiger partial charge in [0.15, 0.2) is 11.5 Å². The maximum absolute atomic E-state index is 13.4. The van der Waals surface area contributed by atoms with Crippen LogP contribution in [0.15, 0.2) is 53.4 Å². The van der Waals surface area contributed by atoms with E-state index in [-0.39, 0.29) is 22.7 Å². The van der Waals surface area contributed by atoms with Crippen molar-refractivity contribution in [1.29, 1.82) is 0 Å². The van der Waals surface area contributed by atoms with E-state index < -0.39 is 23.5 Å². The smallest absolute Gasteiger partial charge is 0.295 e. The fourth-order valence-electron chi connectivity index (χ4n) is 4.18. The van der Waals surface area contributed by atoms with Crippen molar-refractivity contribution in [2.75, 3.05) is 28.4 Å². The number of aliphatic hydroxyl groups is 1. The van der Waals surface area contributed by atoms with E-state index in [4.69, 9.17) is 30.5 Å². The number of hydrogen-bond acceptors (Lipinski definition) is 8. The minimum absolute atomic E-state index is 0.110. The van der Waals surface area contributed by atoms with Gasteiger partial charge in [0.05, 0.1) is 51.6 Å². The number of benzene rings is 2. The first-order valence-corrected chi connectivity index (χ1v) is 12.0. The zero-order chi connectivity index (χ0) is 26.0. The molecule has 1 aliphatic heterocycles. The Balaban J connectivity index is 1.98. The molecule has 2 aromatic carbocycles. The molecule has 1 amide bonds. The van der Waals surface area contributed by atoms with E-state index in [0.717, 1.165) is 4.88 Å². The number of halogens is 1. The molecule has 188 valence electrons. The third kappa shape index (κ3) is 4.47. The number of aliphatic hydroxyl groups excluding tert-OH is 1. The summed E-state index contributed by atoms with van der Waals surface area (Å²) in [5, 5.41) is 13.5. The Hall–Kier alpha value is -3.69. The van der Waals surface area contributed by atoms with Gasteiger partial charge in [-0.25, -0.2) is 0 Å². The van der Waals surface area contributed by atoms with E-state index in [2.05, 4.69) is 0 Å². The molecule has 10 heteroatoms. The molecule has 2 heterocycles. The molecule has 1 aromatic heterocycles. The Bertz CT molecular complexity index is 1310. The largest absolute Gasteiger partial charge is 0.507 e. The van der Waals surface area contributed by atoms with Crippen molar-refractivity contribution in [3.05, 3.63) is 74.4 Å². The van der Waals surface area contributed by atoms with Gasteiger partial charge < -0.3 is 29.0 Å². The number of ether oxygens (including phenoxy) is 4. The molecule has 0 aliphatic carbocycles. The van der Waals surface area contributed by atoms with Crippen molar-refractivity contribution >= 4 is 40.4 Å². The van der Waals surface area contributed by atoms with Gasteiger partial charge in [0.1, 0.15) is 11.5 Å². The minimum atomic E-state index is -0.955. The van der Waals surface area contributed by atoms with Gasteiger partial charge in [0.2, 0.25) is 5.75 Å². The van der Waals surface area contributed by atoms with E-state index in [1.807, 2.05) is 17.5 Å². The number of carbonyl (C=O) groups is 2. The molecule has 1 N–H and O–H groups in total. The van der Waals surface area contributed by atoms with Crippen LogP contribution in [0.25, 0.3) is 5.76 Å². The molecule has 0 spiro atoms. The highest BCUT2D eigenvalue weighted by Crippen LogP contribution is 2.46. The molecule has 0 saturated carbocycles. The van der Waals surface area contributed by atoms with Crippen molar-refractivity contribution in [3.63, 3.8) is 0 Å². The lowest BCUT2D eigenvalue weighted by Crippen LogP contribution is -2.29. The van der Waals surface area contributed by atoms with Crippen LogP contribution in [0.5, 0.6) is 23.0 Å². The number of nitrogens with zero attached hydrogens (tertiary/aromatic N) is 1. The molecule has 4 rings (SSSR count). The number of ketones is 1. The summed E-state index contributed by atoms with van der Waals surface area (Å²) < 4.78 is 21.7. The third-order valence-corrected chi connectivity index (χ3v) is 7.07. The number of rotatable bonds is 8. The molecule has 1 aliphatic rings. The standard InChI is InChI=1S/C26H24ClNO7S/c1-32-15-7-8-18(27)17(12-15)23(29)21-22(14-10-19(33-2)25(35-4)20(11-14)34-3)28(26(31)24(21)30)13-16-6-5-9-36-16/h5-12,22,29H,13H2,1-4H3/b23-21+. The highest BCUT2D eigenvalue weighted by Gasteiger charge is 2.47. The van der Waals surface area contributed by atoms with Crippen molar-refractivity contribution in [2.24, 2.45) is 0 Å². The quantitative estimate of drug-likeness (QED) is 0.248. The molecule has 0 radical (unpaired) electrons. The van der Waals surface area contributed by atoms with E-state index in [1.54, 1.807) is 24.3 Å². The van der Waals surface area contributed by atoms with Gasteiger partial charge in [-0.05, 0) is 47.3 Å². The Labute approximate surface area is 217 Å². The van der Waals surface area contributed by atoms with Crippen molar-refractivity contribution in [2.45, 2.75) is 12.6 Å². The zero-order valence-corrected chi connectivity index (χ0v) is 21.6. The lowest BCUT2D eigenvalue weighted by Gasteiger charge is -2.26. The second-order valence-electron chi connectivity index (χ2n) is 7.81. The summed E-state index contributed by atoms with van der Waals surface area (Å²) >= 11 is 7.83. The molecular formula is C26H24ClNO7S. The number of thiophene rings is 1. The Morgan fingerprint density at radius 1 is 1.00 bits per heavy atom. The monoisotopic (exact) mass is 529 g/mol. The molecule has 1 fully saturated rings. The second kappa shape index (κ2) is 10.5. The first-order chi connectivity index (χ1) is 17.3. The molecule has 1 unspecified atom stereocenters. The van der Waals surface area contributed by atoms with E-state index >= 15 is 0 Å². The van der Waals surface area contributed by atoms with Crippen molar-refractivity contribution in [3.8, 4) is 23.0 Å². The molecule has 8 nitrogen and oxygen atoms in total. The van der Waals surface area contributed by atoms with E-state index in [1.165, 1.54) is 50.7 Å². The van der Waals surface area contributed by atoms with E-state index in [0.29, 0.717) is 28.6 Å². The maximum atomic E-state index is 13.4. The molecule has 36 heavy (non-hydrogen) atoms. The van der Waals surface area contributed by atoms with Gasteiger partial charge in [0.25, 0.3) is 11.7 Å². The van der Waals surface area contributed by atoms with Crippen LogP contribution in [0.1, 0.15) is 22.0 Å². The summed E-state index contributed by atoms with van der Waals surface area (Å²) in [5.74, 6) is -0.525. The number of likely N-dealkylation sites (tertiary alicyclic amines) is 1. The molecule has 0 bridgehead atoms. The molecule has 1 saturated heterocycles. The fraction of sp³-hybridized carbons (Fsp3) is 0.231. The summed E-state index contributed by atoms with van der Waals surface area (Å²) in [6, 6.07) is 10.8. The fourth-order valence-corrected chi connectivity index (χ4v) is 5.09. The number of Topliss-reactive ketones (excluding diaryl/α,β-unsaturated/α-hetero) is 1. The van der Waals surface area contributed by atoms with Crippen LogP contribution >= 0.6 is 22.9 Å². The first kappa shape index (κ1) is 25.4. The topological polar surface area (TPSA) is 94.5 Å². The average Bonchev–Trinajstić information content (AvgIpc) is 3.50. The number of amides is 1. The lowest BCUT2D eigenvalue weighted by atomic mass is 9.94.